The minimum atomic E-state index is -0.259. The molecule has 1 aliphatic rings. The van der Waals surface area contributed by atoms with Gasteiger partial charge < -0.3 is 9.64 Å². The molecule has 27 heavy (non-hydrogen) atoms. The van der Waals surface area contributed by atoms with Crippen LogP contribution in [-0.2, 0) is 9.53 Å². The van der Waals surface area contributed by atoms with Gasteiger partial charge in [0.1, 0.15) is 11.5 Å². The smallest absolute Gasteiger partial charge is 0.310 e. The number of pyridine rings is 1. The van der Waals surface area contributed by atoms with Gasteiger partial charge in [-0.1, -0.05) is 36.4 Å². The molecule has 0 radical (unpaired) electrons. The topological polar surface area (TPSA) is 63.9 Å². The molecule has 1 fully saturated rings. The quantitative estimate of drug-likeness (QED) is 0.669. The predicted octanol–water partition coefficient (Wildman–Crippen LogP) is 2.48. The van der Waals surface area contributed by atoms with E-state index in [4.69, 9.17) is 4.74 Å². The summed E-state index contributed by atoms with van der Waals surface area (Å²) in [5.74, 6) is 0.281. The van der Waals surface area contributed by atoms with Crippen molar-refractivity contribution in [1.82, 2.24) is 9.38 Å². The van der Waals surface area contributed by atoms with Crippen LogP contribution in [0.5, 0.6) is 0 Å². The van der Waals surface area contributed by atoms with E-state index in [2.05, 4.69) is 17.1 Å². The molecule has 2 atom stereocenters. The van der Waals surface area contributed by atoms with Crippen LogP contribution in [0.1, 0.15) is 17.9 Å². The van der Waals surface area contributed by atoms with Gasteiger partial charge in [-0.2, -0.15) is 0 Å². The van der Waals surface area contributed by atoms with Crippen molar-refractivity contribution in [2.75, 3.05) is 25.1 Å². The highest BCUT2D eigenvalue weighted by molar-refractivity contribution is 5.73. The number of hydrogen-bond acceptors (Lipinski definition) is 5. The fraction of sp³-hybridized carbons (Fsp3) is 0.286. The molecule has 4 rings (SSSR count). The van der Waals surface area contributed by atoms with E-state index >= 15 is 0 Å². The lowest BCUT2D eigenvalue weighted by atomic mass is 9.84. The van der Waals surface area contributed by atoms with Crippen LogP contribution in [0.4, 0.5) is 5.82 Å². The van der Waals surface area contributed by atoms with E-state index in [1.54, 1.807) is 18.3 Å². The number of anilines is 1. The highest BCUT2D eigenvalue weighted by atomic mass is 16.5. The Balaban J connectivity index is 1.72. The van der Waals surface area contributed by atoms with Gasteiger partial charge in [-0.25, -0.2) is 4.98 Å². The molecule has 138 valence electrons. The first kappa shape index (κ1) is 17.3. The third kappa shape index (κ3) is 3.43. The molecule has 1 aromatic carbocycles. The molecule has 1 saturated heterocycles. The van der Waals surface area contributed by atoms with Gasteiger partial charge in [0.2, 0.25) is 0 Å². The minimum absolute atomic E-state index is 0.132. The molecule has 3 heterocycles. The van der Waals surface area contributed by atoms with Crippen molar-refractivity contribution in [1.29, 1.82) is 0 Å². The molecule has 0 N–H and O–H groups in total. The summed E-state index contributed by atoms with van der Waals surface area (Å²) in [5.41, 5.74) is 1.64. The SMILES string of the molecule is COC(=O)[C@H]1C[C@@H](c2ccccc2)CN(c2cc(=O)n3ccccc3n2)C1. The standard InChI is InChI=1S/C21H21N3O3/c1-27-21(26)17-11-16(15-7-3-2-4-8-15)13-23(14-17)19-12-20(25)24-10-6-5-9-18(24)22-19/h2-10,12,16-17H,11,13-14H2,1H3/t16-,17+/m1/s1. The number of carbonyl (C=O) groups excluding carboxylic acids is 1. The first-order valence-electron chi connectivity index (χ1n) is 9.02. The molecule has 6 nitrogen and oxygen atoms in total. The molecule has 0 aliphatic carbocycles. The maximum Gasteiger partial charge on any atom is 0.310 e. The van der Waals surface area contributed by atoms with Gasteiger partial charge in [-0.15, -0.1) is 0 Å². The second-order valence-corrected chi connectivity index (χ2v) is 6.85. The predicted molar refractivity (Wildman–Crippen MR) is 103 cm³/mol. The molecule has 0 unspecified atom stereocenters. The second kappa shape index (κ2) is 7.23. The first-order chi connectivity index (χ1) is 13.2. The average Bonchev–Trinajstić information content (AvgIpc) is 2.73. The summed E-state index contributed by atoms with van der Waals surface area (Å²) in [5, 5.41) is 0. The van der Waals surface area contributed by atoms with Crippen molar-refractivity contribution in [3.8, 4) is 0 Å². The van der Waals surface area contributed by atoms with Crippen LogP contribution in [0.2, 0.25) is 0 Å². The van der Waals surface area contributed by atoms with Gasteiger partial charge in [0.25, 0.3) is 5.56 Å². The Kier molecular flexibility index (Phi) is 4.62. The Labute approximate surface area is 157 Å². The summed E-state index contributed by atoms with van der Waals surface area (Å²) in [4.78, 5) is 31.4. The van der Waals surface area contributed by atoms with Gasteiger partial charge in [-0.3, -0.25) is 14.0 Å². The Morgan fingerprint density at radius 3 is 2.67 bits per heavy atom. The molecule has 3 aromatic rings. The van der Waals surface area contributed by atoms with Gasteiger partial charge in [0.15, 0.2) is 0 Å². The molecular weight excluding hydrogens is 342 g/mol. The summed E-state index contributed by atoms with van der Waals surface area (Å²) in [6.07, 6.45) is 2.43. The van der Waals surface area contributed by atoms with Crippen molar-refractivity contribution >= 4 is 17.4 Å². The zero-order valence-electron chi connectivity index (χ0n) is 15.1. The monoisotopic (exact) mass is 363 g/mol. The maximum atomic E-state index is 12.5. The van der Waals surface area contributed by atoms with E-state index in [9.17, 15) is 9.59 Å². The van der Waals surface area contributed by atoms with E-state index in [0.29, 0.717) is 24.6 Å². The number of aromatic nitrogens is 2. The molecule has 1 aliphatic heterocycles. The first-order valence-corrected chi connectivity index (χ1v) is 9.02. The highest BCUT2D eigenvalue weighted by Gasteiger charge is 2.33. The summed E-state index contributed by atoms with van der Waals surface area (Å²) in [6, 6.07) is 17.1. The summed E-state index contributed by atoms with van der Waals surface area (Å²) in [6.45, 7) is 1.19. The van der Waals surface area contributed by atoms with E-state index in [1.165, 1.54) is 23.1 Å². The second-order valence-electron chi connectivity index (χ2n) is 6.85. The van der Waals surface area contributed by atoms with Crippen molar-refractivity contribution in [2.24, 2.45) is 5.92 Å². The Morgan fingerprint density at radius 1 is 1.11 bits per heavy atom. The summed E-state index contributed by atoms with van der Waals surface area (Å²) in [7, 11) is 1.42. The van der Waals surface area contributed by atoms with E-state index in [-0.39, 0.29) is 23.4 Å². The van der Waals surface area contributed by atoms with Crippen LogP contribution in [-0.4, -0.2) is 35.6 Å². The number of ether oxygens (including phenoxy) is 1. The molecule has 6 heteroatoms. The van der Waals surface area contributed by atoms with Gasteiger partial charge in [0.05, 0.1) is 13.0 Å². The van der Waals surface area contributed by atoms with Gasteiger partial charge in [-0.05, 0) is 24.1 Å². The van der Waals surface area contributed by atoms with Crippen LogP contribution in [0.15, 0.2) is 65.6 Å². The van der Waals surface area contributed by atoms with Crippen molar-refractivity contribution in [3.05, 3.63) is 76.7 Å². The number of rotatable bonds is 3. The molecule has 0 saturated carbocycles. The van der Waals surface area contributed by atoms with E-state index in [1.807, 2.05) is 29.2 Å². The van der Waals surface area contributed by atoms with Crippen molar-refractivity contribution in [2.45, 2.75) is 12.3 Å². The minimum Gasteiger partial charge on any atom is -0.469 e. The summed E-state index contributed by atoms with van der Waals surface area (Å²) < 4.78 is 6.51. The van der Waals surface area contributed by atoms with Crippen LogP contribution in [0, 0.1) is 5.92 Å². The molecular formula is C21H21N3O3. The normalized spacial score (nSPS) is 19.8. The summed E-state index contributed by atoms with van der Waals surface area (Å²) >= 11 is 0. The molecule has 0 bridgehead atoms. The largest absolute Gasteiger partial charge is 0.469 e. The lowest BCUT2D eigenvalue weighted by Gasteiger charge is -2.37. The van der Waals surface area contributed by atoms with Crippen molar-refractivity contribution < 1.29 is 9.53 Å². The zero-order valence-corrected chi connectivity index (χ0v) is 15.1. The number of carbonyl (C=O) groups is 1. The molecule has 0 amide bonds. The fourth-order valence-corrected chi connectivity index (χ4v) is 3.79. The van der Waals surface area contributed by atoms with Crippen LogP contribution < -0.4 is 10.5 Å². The fourth-order valence-electron chi connectivity index (χ4n) is 3.79. The highest BCUT2D eigenvalue weighted by Crippen LogP contribution is 2.32. The number of nitrogens with zero attached hydrogens (tertiary/aromatic N) is 3. The maximum absolute atomic E-state index is 12.5. The third-order valence-electron chi connectivity index (χ3n) is 5.14. The third-order valence-corrected chi connectivity index (χ3v) is 5.14. The van der Waals surface area contributed by atoms with Crippen LogP contribution >= 0.6 is 0 Å². The number of piperidine rings is 1. The molecule has 2 aromatic heterocycles. The van der Waals surface area contributed by atoms with E-state index < -0.39 is 0 Å². The lowest BCUT2D eigenvalue weighted by molar-refractivity contribution is -0.145. The van der Waals surface area contributed by atoms with Crippen molar-refractivity contribution in [3.63, 3.8) is 0 Å². The van der Waals surface area contributed by atoms with E-state index in [0.717, 1.165) is 6.42 Å². The van der Waals surface area contributed by atoms with Crippen LogP contribution in [0.3, 0.4) is 0 Å². The Hall–Kier alpha value is -3.15. The zero-order chi connectivity index (χ0) is 18.8. The number of methoxy groups -OCH3 is 1. The Bertz CT molecular complexity index is 1020. The average molecular weight is 363 g/mol. The number of fused-ring (bicyclic) bond motifs is 1. The van der Waals surface area contributed by atoms with Gasteiger partial charge >= 0.3 is 5.97 Å². The van der Waals surface area contributed by atoms with Crippen LogP contribution in [0.25, 0.3) is 5.65 Å². The lowest BCUT2D eigenvalue weighted by Crippen LogP contribution is -2.43. The molecule has 0 spiro atoms. The van der Waals surface area contributed by atoms with Gasteiger partial charge in [0, 0.05) is 31.3 Å². The number of esters is 1. The Morgan fingerprint density at radius 2 is 1.89 bits per heavy atom. The number of hydrogen-bond donors (Lipinski definition) is 0. The number of benzene rings is 1.